The molecule has 6 atom stereocenters. The van der Waals surface area contributed by atoms with Gasteiger partial charge in [-0.15, -0.1) is 0 Å². The van der Waals surface area contributed by atoms with Crippen molar-refractivity contribution in [2.24, 2.45) is 0 Å². The first-order valence-corrected chi connectivity index (χ1v) is 22.3. The molecule has 0 heterocycles. The van der Waals surface area contributed by atoms with Gasteiger partial charge in [-0.3, -0.25) is 13.8 Å². The number of ether oxygens (including phenoxy) is 2. The zero-order valence-electron chi connectivity index (χ0n) is 33.9. The van der Waals surface area contributed by atoms with E-state index in [0.29, 0.717) is 19.4 Å². The Morgan fingerprint density at radius 1 is 0.589 bits per heavy atom. The molecule has 0 aromatic carbocycles. The molecule has 0 bridgehead atoms. The largest absolute Gasteiger partial charge is 0.472 e. The van der Waals surface area contributed by atoms with E-state index in [1.807, 2.05) is 0 Å². The molecular formula is C43H73O12P. The van der Waals surface area contributed by atoms with E-state index in [2.05, 4.69) is 86.8 Å². The molecule has 6 unspecified atom stereocenters. The first kappa shape index (κ1) is 51.8. The summed E-state index contributed by atoms with van der Waals surface area (Å²) in [4.78, 5) is 23.1. The van der Waals surface area contributed by atoms with Crippen LogP contribution in [0.4, 0.5) is 0 Å². The quantitative estimate of drug-likeness (QED) is 0.0165. The summed E-state index contributed by atoms with van der Waals surface area (Å²) in [7, 11) is -5.04. The van der Waals surface area contributed by atoms with Crippen LogP contribution in [0, 0.1) is 0 Å². The lowest BCUT2D eigenvalue weighted by atomic mass is 9.85. The topological polar surface area (TPSA) is 192 Å². The van der Waals surface area contributed by atoms with Crippen molar-refractivity contribution >= 4 is 13.8 Å². The third-order valence-corrected chi connectivity index (χ3v) is 10.0. The van der Waals surface area contributed by atoms with Gasteiger partial charge in [-0.05, 0) is 77.0 Å². The van der Waals surface area contributed by atoms with Gasteiger partial charge in [0.1, 0.15) is 42.7 Å². The summed E-state index contributed by atoms with van der Waals surface area (Å²) >= 11 is 0. The highest BCUT2D eigenvalue weighted by Gasteiger charge is 2.51. The second-order valence-electron chi connectivity index (χ2n) is 14.1. The van der Waals surface area contributed by atoms with Gasteiger partial charge >= 0.3 is 13.8 Å². The number of unbranched alkanes of at least 4 members (excludes halogenated alkanes) is 9. The van der Waals surface area contributed by atoms with Crippen LogP contribution in [-0.2, 0) is 27.9 Å². The van der Waals surface area contributed by atoms with Crippen LogP contribution in [0.1, 0.15) is 129 Å². The second kappa shape index (κ2) is 33.7. The Bertz CT molecular complexity index is 1200. The van der Waals surface area contributed by atoms with Crippen LogP contribution in [0.25, 0.3) is 0 Å². The third kappa shape index (κ3) is 25.9. The van der Waals surface area contributed by atoms with Crippen LogP contribution in [0.5, 0.6) is 0 Å². The van der Waals surface area contributed by atoms with Crippen molar-refractivity contribution in [2.75, 3.05) is 19.8 Å². The highest BCUT2D eigenvalue weighted by Crippen LogP contribution is 2.47. The van der Waals surface area contributed by atoms with Crippen molar-refractivity contribution in [1.29, 1.82) is 0 Å². The first-order valence-electron chi connectivity index (χ1n) is 20.8. The van der Waals surface area contributed by atoms with Crippen molar-refractivity contribution in [2.45, 2.75) is 172 Å². The van der Waals surface area contributed by atoms with E-state index in [4.69, 9.17) is 18.5 Å². The highest BCUT2D eigenvalue weighted by atomic mass is 31.2. The number of esters is 1. The van der Waals surface area contributed by atoms with Crippen molar-refractivity contribution in [3.8, 4) is 0 Å². The minimum absolute atomic E-state index is 0.125. The Morgan fingerprint density at radius 2 is 1.05 bits per heavy atom. The number of aliphatic hydroxyl groups excluding tert-OH is 5. The van der Waals surface area contributed by atoms with Gasteiger partial charge in [0, 0.05) is 13.0 Å². The SMILES string of the molecule is CC/C=C\C/C=C\C/C=C\C/C=C\CCCOCC(COP(=O)(O)OC1C(O)C(O)C(O)C(O)C1O)OC(=O)CCCCCCC/C=C\C/C=C\CCCCC. The normalized spacial score (nSPS) is 23.8. The van der Waals surface area contributed by atoms with Gasteiger partial charge in [0.15, 0.2) is 0 Å². The lowest BCUT2D eigenvalue weighted by Crippen LogP contribution is -2.64. The van der Waals surface area contributed by atoms with Crippen molar-refractivity contribution < 1.29 is 58.3 Å². The molecule has 0 aliphatic heterocycles. The predicted molar refractivity (Wildman–Crippen MR) is 221 cm³/mol. The van der Waals surface area contributed by atoms with E-state index < -0.39 is 63.1 Å². The lowest BCUT2D eigenvalue weighted by molar-refractivity contribution is -0.220. The number of allylic oxidation sites excluding steroid dienone is 12. The summed E-state index contributed by atoms with van der Waals surface area (Å²) < 4.78 is 34.0. The highest BCUT2D eigenvalue weighted by molar-refractivity contribution is 7.47. The second-order valence-corrected chi connectivity index (χ2v) is 15.5. The summed E-state index contributed by atoms with van der Waals surface area (Å²) in [6.07, 6.45) is 29.9. The fourth-order valence-corrected chi connectivity index (χ4v) is 6.71. The number of carbonyl (C=O) groups is 1. The molecule has 0 spiro atoms. The van der Waals surface area contributed by atoms with Crippen LogP contribution >= 0.6 is 7.82 Å². The molecule has 1 fully saturated rings. The van der Waals surface area contributed by atoms with Gasteiger partial charge in [0.25, 0.3) is 0 Å². The Balaban J connectivity index is 2.51. The molecule has 56 heavy (non-hydrogen) atoms. The number of aliphatic hydroxyl groups is 5. The van der Waals surface area contributed by atoms with Crippen molar-refractivity contribution in [3.05, 3.63) is 72.9 Å². The van der Waals surface area contributed by atoms with Gasteiger partial charge in [-0.2, -0.15) is 0 Å². The molecule has 0 radical (unpaired) electrons. The fraction of sp³-hybridized carbons (Fsp3) is 0.698. The minimum atomic E-state index is -5.04. The van der Waals surface area contributed by atoms with Crippen molar-refractivity contribution in [1.82, 2.24) is 0 Å². The monoisotopic (exact) mass is 812 g/mol. The van der Waals surface area contributed by atoms with E-state index in [-0.39, 0.29) is 13.0 Å². The molecule has 1 aliphatic rings. The fourth-order valence-electron chi connectivity index (χ4n) is 5.74. The Hall–Kier alpha value is -2.22. The maximum atomic E-state index is 12.8. The van der Waals surface area contributed by atoms with Crippen LogP contribution in [-0.4, -0.2) is 98.9 Å². The molecule has 1 rings (SSSR count). The standard InChI is InChI=1S/C43H73O12P/c1-3-5-7-9-11-13-15-17-19-20-22-24-26-28-30-32-37(44)54-36(34-52-33-31-29-27-25-23-21-18-16-14-12-10-8-6-4-2)35-53-56(50,51)55-43-41(48)39(46)38(45)40(47)42(43)49/h6,8,11-14,17-19,21,25,27,36,38-43,45-49H,3-5,7,9-10,15-16,20,22-24,26,28-35H2,1-2H3,(H,50,51)/b8-6-,13-11-,14-12-,19-17-,21-18-,27-25-. The number of hydrogen-bond acceptors (Lipinski definition) is 11. The van der Waals surface area contributed by atoms with E-state index in [1.165, 1.54) is 19.3 Å². The van der Waals surface area contributed by atoms with Crippen LogP contribution in [0.2, 0.25) is 0 Å². The minimum Gasteiger partial charge on any atom is -0.457 e. The summed E-state index contributed by atoms with van der Waals surface area (Å²) in [5.41, 5.74) is 0. The average Bonchev–Trinajstić information content (AvgIpc) is 3.18. The molecule has 0 aromatic heterocycles. The summed E-state index contributed by atoms with van der Waals surface area (Å²) in [5.74, 6) is -0.514. The Labute approximate surface area is 336 Å². The molecular weight excluding hydrogens is 739 g/mol. The smallest absolute Gasteiger partial charge is 0.457 e. The van der Waals surface area contributed by atoms with E-state index >= 15 is 0 Å². The molecule has 1 aliphatic carbocycles. The van der Waals surface area contributed by atoms with Crippen LogP contribution in [0.15, 0.2) is 72.9 Å². The van der Waals surface area contributed by atoms with Gasteiger partial charge in [-0.25, -0.2) is 4.57 Å². The lowest BCUT2D eigenvalue weighted by Gasteiger charge is -2.41. The van der Waals surface area contributed by atoms with Gasteiger partial charge in [0.2, 0.25) is 0 Å². The van der Waals surface area contributed by atoms with Gasteiger partial charge in [0.05, 0.1) is 13.2 Å². The van der Waals surface area contributed by atoms with Crippen LogP contribution in [0.3, 0.4) is 0 Å². The van der Waals surface area contributed by atoms with E-state index in [1.54, 1.807) is 0 Å². The maximum Gasteiger partial charge on any atom is 0.472 e. The number of phosphoric acid groups is 1. The van der Waals surface area contributed by atoms with Crippen molar-refractivity contribution in [3.63, 3.8) is 0 Å². The molecule has 1 saturated carbocycles. The number of carbonyl (C=O) groups excluding carboxylic acids is 1. The Kier molecular flexibility index (Phi) is 31.2. The van der Waals surface area contributed by atoms with E-state index in [9.17, 15) is 39.8 Å². The zero-order valence-corrected chi connectivity index (χ0v) is 34.8. The molecule has 0 saturated heterocycles. The average molecular weight is 813 g/mol. The molecule has 0 aromatic rings. The molecule has 12 nitrogen and oxygen atoms in total. The van der Waals surface area contributed by atoms with Crippen LogP contribution < -0.4 is 0 Å². The van der Waals surface area contributed by atoms with Gasteiger partial charge < -0.3 is 39.9 Å². The van der Waals surface area contributed by atoms with Gasteiger partial charge in [-0.1, -0.05) is 119 Å². The molecule has 0 amide bonds. The summed E-state index contributed by atoms with van der Waals surface area (Å²) in [5, 5.41) is 50.0. The first-order chi connectivity index (χ1) is 27.0. The maximum absolute atomic E-state index is 12.8. The Morgan fingerprint density at radius 3 is 1.61 bits per heavy atom. The zero-order chi connectivity index (χ0) is 41.3. The molecule has 322 valence electrons. The summed E-state index contributed by atoms with van der Waals surface area (Å²) in [6, 6.07) is 0. The number of hydrogen-bond donors (Lipinski definition) is 6. The van der Waals surface area contributed by atoms with E-state index in [0.717, 1.165) is 77.0 Å². The molecule has 13 heteroatoms. The number of phosphoric ester groups is 1. The molecule has 6 N–H and O–H groups in total. The predicted octanol–water partition coefficient (Wildman–Crippen LogP) is 7.63. The number of rotatable bonds is 33. The third-order valence-electron chi connectivity index (χ3n) is 9.06. The summed E-state index contributed by atoms with van der Waals surface area (Å²) in [6.45, 7) is 3.93.